The molecule has 1 amide bonds. The number of ether oxygens (including phenoxy) is 1. The number of benzene rings is 1. The average molecular weight is 371 g/mol. The van der Waals surface area contributed by atoms with E-state index in [1.54, 1.807) is 29.2 Å². The van der Waals surface area contributed by atoms with Gasteiger partial charge in [0.15, 0.2) is 5.76 Å². The van der Waals surface area contributed by atoms with Crippen LogP contribution in [-0.2, 0) is 16.0 Å². The van der Waals surface area contributed by atoms with Gasteiger partial charge in [-0.25, -0.2) is 4.39 Å². The fraction of sp³-hybridized carbons (Fsp3) is 0.316. The molecule has 8 heteroatoms. The van der Waals surface area contributed by atoms with E-state index in [-0.39, 0.29) is 24.2 Å². The van der Waals surface area contributed by atoms with Crippen LogP contribution in [0.15, 0.2) is 51.6 Å². The topological polar surface area (TPSA) is 81.6 Å². The van der Waals surface area contributed by atoms with Gasteiger partial charge in [0, 0.05) is 19.4 Å². The summed E-state index contributed by atoms with van der Waals surface area (Å²) in [4.78, 5) is 18.5. The molecular formula is C19H18FN3O4. The Bertz CT molecular complexity index is 892. The van der Waals surface area contributed by atoms with Crippen LogP contribution in [0.25, 0.3) is 11.6 Å². The molecule has 0 aliphatic carbocycles. The molecule has 27 heavy (non-hydrogen) atoms. The Morgan fingerprint density at radius 2 is 2.11 bits per heavy atom. The summed E-state index contributed by atoms with van der Waals surface area (Å²) in [5.74, 6) is 0.967. The lowest BCUT2D eigenvalue weighted by atomic mass is 10.1. The molecule has 0 radical (unpaired) electrons. The minimum Gasteiger partial charge on any atom is -0.461 e. The van der Waals surface area contributed by atoms with Crippen LogP contribution in [-0.4, -0.2) is 40.6 Å². The lowest BCUT2D eigenvalue weighted by molar-refractivity contribution is -0.139. The van der Waals surface area contributed by atoms with E-state index in [1.165, 1.54) is 18.4 Å². The van der Waals surface area contributed by atoms with Gasteiger partial charge in [-0.2, -0.15) is 4.98 Å². The van der Waals surface area contributed by atoms with E-state index < -0.39 is 0 Å². The van der Waals surface area contributed by atoms with Crippen molar-refractivity contribution in [3.05, 3.63) is 59.9 Å². The number of morpholine rings is 1. The molecule has 1 fully saturated rings. The first-order valence-electron chi connectivity index (χ1n) is 8.70. The van der Waals surface area contributed by atoms with Crippen LogP contribution in [0.2, 0.25) is 0 Å². The highest BCUT2D eigenvalue weighted by Crippen LogP contribution is 2.23. The lowest BCUT2D eigenvalue weighted by Crippen LogP contribution is -2.42. The number of aromatic nitrogens is 2. The van der Waals surface area contributed by atoms with Gasteiger partial charge in [-0.05, 0) is 29.8 Å². The first-order valence-corrected chi connectivity index (χ1v) is 8.70. The van der Waals surface area contributed by atoms with Crippen LogP contribution < -0.4 is 0 Å². The Hall–Kier alpha value is -3.00. The van der Waals surface area contributed by atoms with E-state index in [0.717, 1.165) is 5.56 Å². The third kappa shape index (κ3) is 4.06. The van der Waals surface area contributed by atoms with Crippen molar-refractivity contribution in [2.75, 3.05) is 19.7 Å². The molecule has 0 saturated carbocycles. The zero-order valence-corrected chi connectivity index (χ0v) is 14.5. The molecule has 140 valence electrons. The molecule has 0 spiro atoms. The van der Waals surface area contributed by atoms with Gasteiger partial charge in [0.05, 0.1) is 19.4 Å². The van der Waals surface area contributed by atoms with E-state index in [0.29, 0.717) is 43.6 Å². The number of furan rings is 1. The normalized spacial score (nSPS) is 17.2. The van der Waals surface area contributed by atoms with Gasteiger partial charge in [0.1, 0.15) is 11.9 Å². The zero-order valence-electron chi connectivity index (χ0n) is 14.5. The number of hydrogen-bond acceptors (Lipinski definition) is 6. The van der Waals surface area contributed by atoms with E-state index in [2.05, 4.69) is 10.1 Å². The Balaban J connectivity index is 1.33. The molecule has 4 rings (SSSR count). The van der Waals surface area contributed by atoms with Gasteiger partial charge in [0.25, 0.3) is 0 Å². The van der Waals surface area contributed by atoms with Gasteiger partial charge >= 0.3 is 0 Å². The van der Waals surface area contributed by atoms with Crippen molar-refractivity contribution in [2.24, 2.45) is 0 Å². The van der Waals surface area contributed by atoms with Crippen molar-refractivity contribution < 1.29 is 22.9 Å². The smallest absolute Gasteiger partial charge is 0.238 e. The molecular weight excluding hydrogens is 353 g/mol. The number of carbonyl (C=O) groups excluding carboxylic acids is 1. The molecule has 1 aromatic carbocycles. The van der Waals surface area contributed by atoms with Crippen LogP contribution in [0.5, 0.6) is 0 Å². The van der Waals surface area contributed by atoms with Crippen LogP contribution in [0.1, 0.15) is 24.0 Å². The molecule has 0 bridgehead atoms. The predicted octanol–water partition coefficient (Wildman–Crippen LogP) is 3.00. The van der Waals surface area contributed by atoms with E-state index in [4.69, 9.17) is 13.7 Å². The van der Waals surface area contributed by atoms with E-state index in [9.17, 15) is 9.18 Å². The fourth-order valence-electron chi connectivity index (χ4n) is 2.99. The molecule has 7 nitrogen and oxygen atoms in total. The molecule has 3 heterocycles. The second-order valence-corrected chi connectivity index (χ2v) is 6.24. The summed E-state index contributed by atoms with van der Waals surface area (Å²) in [6.07, 6.45) is 1.89. The third-order valence-electron chi connectivity index (χ3n) is 4.42. The minimum atomic E-state index is -0.295. The maximum absolute atomic E-state index is 13.1. The molecule has 1 aliphatic heterocycles. The summed E-state index contributed by atoms with van der Waals surface area (Å²) in [6.45, 7) is 1.40. The molecule has 1 aliphatic rings. The average Bonchev–Trinajstić information content (AvgIpc) is 3.38. The first-order chi connectivity index (χ1) is 13.2. The van der Waals surface area contributed by atoms with Crippen LogP contribution >= 0.6 is 0 Å². The summed E-state index contributed by atoms with van der Waals surface area (Å²) in [7, 11) is 0. The third-order valence-corrected chi connectivity index (χ3v) is 4.42. The van der Waals surface area contributed by atoms with E-state index >= 15 is 0 Å². The summed E-state index contributed by atoms with van der Waals surface area (Å²) in [5.41, 5.74) is 0.855. The molecule has 2 aromatic heterocycles. The number of amides is 1. The standard InChI is InChI=1S/C19H18FN3O4/c20-14-5-3-13(4-6-14)16-12-23(9-11-26-16)18(24)8-7-17-21-19(22-27-17)15-2-1-10-25-15/h1-6,10,16H,7-9,11-12H2. The Morgan fingerprint density at radius 3 is 2.89 bits per heavy atom. The summed E-state index contributed by atoms with van der Waals surface area (Å²) in [5, 5.41) is 3.85. The number of nitrogens with zero attached hydrogens (tertiary/aromatic N) is 3. The quantitative estimate of drug-likeness (QED) is 0.686. The maximum atomic E-state index is 13.1. The number of aryl methyl sites for hydroxylation is 1. The molecule has 1 atom stereocenters. The summed E-state index contributed by atoms with van der Waals surface area (Å²) < 4.78 is 29.2. The SMILES string of the molecule is O=C(CCc1nc(-c2ccco2)no1)N1CCOC(c2ccc(F)cc2)C1. The van der Waals surface area contributed by atoms with Crippen molar-refractivity contribution >= 4 is 5.91 Å². The first kappa shape index (κ1) is 17.4. The van der Waals surface area contributed by atoms with Crippen molar-refractivity contribution in [3.8, 4) is 11.6 Å². The van der Waals surface area contributed by atoms with Crippen molar-refractivity contribution in [1.82, 2.24) is 15.0 Å². The molecule has 3 aromatic rings. The van der Waals surface area contributed by atoms with Gasteiger partial charge in [-0.15, -0.1) is 0 Å². The second-order valence-electron chi connectivity index (χ2n) is 6.24. The maximum Gasteiger partial charge on any atom is 0.238 e. The van der Waals surface area contributed by atoms with Crippen molar-refractivity contribution in [3.63, 3.8) is 0 Å². The summed E-state index contributed by atoms with van der Waals surface area (Å²) >= 11 is 0. The van der Waals surface area contributed by atoms with Crippen LogP contribution in [0.4, 0.5) is 4.39 Å². The molecule has 1 unspecified atom stereocenters. The lowest BCUT2D eigenvalue weighted by Gasteiger charge is -2.33. The highest BCUT2D eigenvalue weighted by Gasteiger charge is 2.25. The fourth-order valence-corrected chi connectivity index (χ4v) is 2.99. The van der Waals surface area contributed by atoms with Crippen LogP contribution in [0.3, 0.4) is 0 Å². The number of hydrogen-bond donors (Lipinski definition) is 0. The van der Waals surface area contributed by atoms with Gasteiger partial charge in [-0.1, -0.05) is 17.3 Å². The van der Waals surface area contributed by atoms with Crippen LogP contribution in [0, 0.1) is 5.82 Å². The van der Waals surface area contributed by atoms with E-state index in [1.807, 2.05) is 0 Å². The largest absolute Gasteiger partial charge is 0.461 e. The number of halogens is 1. The zero-order chi connectivity index (χ0) is 18.6. The van der Waals surface area contributed by atoms with Crippen molar-refractivity contribution in [1.29, 1.82) is 0 Å². The highest BCUT2D eigenvalue weighted by atomic mass is 19.1. The minimum absolute atomic E-state index is 0.0110. The number of rotatable bonds is 5. The Labute approximate surface area is 154 Å². The van der Waals surface area contributed by atoms with Gasteiger partial charge in [-0.3, -0.25) is 4.79 Å². The predicted molar refractivity (Wildman–Crippen MR) is 92.0 cm³/mol. The molecule has 1 saturated heterocycles. The molecule has 0 N–H and O–H groups in total. The highest BCUT2D eigenvalue weighted by molar-refractivity contribution is 5.76. The monoisotopic (exact) mass is 371 g/mol. The van der Waals surface area contributed by atoms with Gasteiger partial charge < -0.3 is 18.6 Å². The Kier molecular flexibility index (Phi) is 4.97. The number of carbonyl (C=O) groups is 1. The van der Waals surface area contributed by atoms with Crippen molar-refractivity contribution in [2.45, 2.75) is 18.9 Å². The second kappa shape index (κ2) is 7.71. The summed E-state index contributed by atoms with van der Waals surface area (Å²) in [6, 6.07) is 9.64. The van der Waals surface area contributed by atoms with Gasteiger partial charge in [0.2, 0.25) is 17.6 Å². The Morgan fingerprint density at radius 1 is 1.26 bits per heavy atom.